The Morgan fingerprint density at radius 3 is 2.39 bits per heavy atom. The zero-order chi connectivity index (χ0) is 12.4. The first kappa shape index (κ1) is 10.9. The van der Waals surface area contributed by atoms with Crippen LogP contribution in [0.4, 0.5) is 0 Å². The number of rotatable bonds is 2. The van der Waals surface area contributed by atoms with Crippen molar-refractivity contribution in [1.82, 2.24) is 10.2 Å². The number of fused-ring (bicyclic) bond motifs is 1. The van der Waals surface area contributed by atoms with Crippen molar-refractivity contribution >= 4 is 10.9 Å². The van der Waals surface area contributed by atoms with Gasteiger partial charge in [0, 0.05) is 5.39 Å². The lowest BCUT2D eigenvalue weighted by molar-refractivity contribution is 0.801. The molecule has 0 amide bonds. The molecule has 0 radical (unpaired) electrons. The molecule has 1 heterocycles. The lowest BCUT2D eigenvalue weighted by atomic mass is 10.0. The minimum absolute atomic E-state index is 0.233. The van der Waals surface area contributed by atoms with Crippen LogP contribution in [0.15, 0.2) is 60.7 Å². The molecule has 2 aromatic carbocycles. The predicted molar refractivity (Wildman–Crippen MR) is 72.0 cm³/mol. The highest BCUT2D eigenvalue weighted by Crippen LogP contribution is 2.19. The van der Waals surface area contributed by atoms with Gasteiger partial charge in [-0.2, -0.15) is 10.2 Å². The third kappa shape index (κ3) is 1.96. The topological polar surface area (TPSA) is 51.8 Å². The van der Waals surface area contributed by atoms with E-state index in [2.05, 4.69) is 10.2 Å². The number of nitrogens with zero attached hydrogens (tertiary/aromatic N) is 2. The normalized spacial score (nSPS) is 12.5. The Labute approximate surface area is 105 Å². The van der Waals surface area contributed by atoms with Crippen molar-refractivity contribution in [3.8, 4) is 0 Å². The predicted octanol–water partition coefficient (Wildman–Crippen LogP) is 2.68. The largest absolute Gasteiger partial charge is 0.319 e. The number of hydrogen-bond donors (Lipinski definition) is 1. The van der Waals surface area contributed by atoms with E-state index in [4.69, 9.17) is 5.73 Å². The van der Waals surface area contributed by atoms with Gasteiger partial charge in [-0.3, -0.25) is 0 Å². The van der Waals surface area contributed by atoms with Gasteiger partial charge in [0.2, 0.25) is 0 Å². The molecular formula is C15H13N3. The van der Waals surface area contributed by atoms with Crippen molar-refractivity contribution in [3.05, 3.63) is 71.9 Å². The summed E-state index contributed by atoms with van der Waals surface area (Å²) in [6.45, 7) is 0. The highest BCUT2D eigenvalue weighted by Gasteiger charge is 2.11. The van der Waals surface area contributed by atoms with Gasteiger partial charge in [-0.1, -0.05) is 48.5 Å². The Hall–Kier alpha value is -2.26. The van der Waals surface area contributed by atoms with Gasteiger partial charge in [0.1, 0.15) is 0 Å². The summed E-state index contributed by atoms with van der Waals surface area (Å²) in [4.78, 5) is 0. The fourth-order valence-electron chi connectivity index (χ4n) is 1.98. The number of hydrogen-bond acceptors (Lipinski definition) is 3. The third-order valence-corrected chi connectivity index (χ3v) is 2.99. The Bertz CT molecular complexity index is 665. The van der Waals surface area contributed by atoms with E-state index in [1.807, 2.05) is 60.7 Å². The fraction of sp³-hybridized carbons (Fsp3) is 0.0667. The maximum absolute atomic E-state index is 6.20. The zero-order valence-electron chi connectivity index (χ0n) is 9.82. The van der Waals surface area contributed by atoms with Gasteiger partial charge in [-0.25, -0.2) is 0 Å². The SMILES string of the molecule is NC(c1ccccc1)c1cc2ccccc2nn1. The van der Waals surface area contributed by atoms with Crippen LogP contribution < -0.4 is 5.73 Å². The summed E-state index contributed by atoms with van der Waals surface area (Å²) < 4.78 is 0. The zero-order valence-corrected chi connectivity index (χ0v) is 9.82. The smallest absolute Gasteiger partial charge is 0.0929 e. The Kier molecular flexibility index (Phi) is 2.74. The van der Waals surface area contributed by atoms with Crippen LogP contribution in [0.5, 0.6) is 0 Å². The van der Waals surface area contributed by atoms with E-state index in [1.54, 1.807) is 0 Å². The molecule has 1 atom stereocenters. The maximum Gasteiger partial charge on any atom is 0.0929 e. The first-order valence-electron chi connectivity index (χ1n) is 5.87. The van der Waals surface area contributed by atoms with Crippen molar-refractivity contribution in [2.45, 2.75) is 6.04 Å². The summed E-state index contributed by atoms with van der Waals surface area (Å²) in [5.41, 5.74) is 8.93. The average molecular weight is 235 g/mol. The molecule has 3 heteroatoms. The van der Waals surface area contributed by atoms with Gasteiger partial charge in [0.15, 0.2) is 0 Å². The highest BCUT2D eigenvalue weighted by atomic mass is 15.1. The van der Waals surface area contributed by atoms with Crippen molar-refractivity contribution in [2.75, 3.05) is 0 Å². The van der Waals surface area contributed by atoms with Gasteiger partial charge in [0.05, 0.1) is 17.3 Å². The van der Waals surface area contributed by atoms with Crippen LogP contribution in [-0.2, 0) is 0 Å². The van der Waals surface area contributed by atoms with Crippen molar-refractivity contribution in [1.29, 1.82) is 0 Å². The first-order chi connectivity index (χ1) is 8.84. The van der Waals surface area contributed by atoms with Crippen molar-refractivity contribution < 1.29 is 0 Å². The molecule has 2 N–H and O–H groups in total. The number of aromatic nitrogens is 2. The molecular weight excluding hydrogens is 222 g/mol. The molecule has 88 valence electrons. The molecule has 0 aliphatic heterocycles. The lowest BCUT2D eigenvalue weighted by Crippen LogP contribution is -2.14. The second kappa shape index (κ2) is 4.55. The summed E-state index contributed by atoms with van der Waals surface area (Å²) in [6.07, 6.45) is 0. The molecule has 0 aliphatic rings. The summed E-state index contributed by atoms with van der Waals surface area (Å²) in [7, 11) is 0. The average Bonchev–Trinajstić information content (AvgIpc) is 2.47. The van der Waals surface area contributed by atoms with E-state index in [9.17, 15) is 0 Å². The number of nitrogens with two attached hydrogens (primary N) is 1. The van der Waals surface area contributed by atoms with Gasteiger partial charge in [-0.05, 0) is 17.7 Å². The van der Waals surface area contributed by atoms with Crippen LogP contribution in [0.3, 0.4) is 0 Å². The van der Waals surface area contributed by atoms with Gasteiger partial charge in [-0.15, -0.1) is 0 Å². The minimum atomic E-state index is -0.233. The molecule has 0 bridgehead atoms. The van der Waals surface area contributed by atoms with Gasteiger partial charge < -0.3 is 5.73 Å². The Morgan fingerprint density at radius 2 is 1.56 bits per heavy atom. The number of benzene rings is 2. The maximum atomic E-state index is 6.20. The van der Waals surface area contributed by atoms with Crippen LogP contribution in [0, 0.1) is 0 Å². The second-order valence-electron chi connectivity index (χ2n) is 4.22. The summed E-state index contributed by atoms with van der Waals surface area (Å²) in [5, 5.41) is 9.47. The Balaban J connectivity index is 2.04. The fourth-order valence-corrected chi connectivity index (χ4v) is 1.98. The molecule has 3 rings (SSSR count). The standard InChI is InChI=1S/C15H13N3/c16-15(11-6-2-1-3-7-11)14-10-12-8-4-5-9-13(12)17-18-14/h1-10,15H,16H2. The molecule has 3 nitrogen and oxygen atoms in total. The molecule has 18 heavy (non-hydrogen) atoms. The molecule has 0 fully saturated rings. The van der Waals surface area contributed by atoms with Crippen LogP contribution >= 0.6 is 0 Å². The molecule has 0 spiro atoms. The Morgan fingerprint density at radius 1 is 0.833 bits per heavy atom. The van der Waals surface area contributed by atoms with E-state index in [-0.39, 0.29) is 6.04 Å². The lowest BCUT2D eigenvalue weighted by Gasteiger charge is -2.11. The highest BCUT2D eigenvalue weighted by molar-refractivity contribution is 5.78. The monoisotopic (exact) mass is 235 g/mol. The van der Waals surface area contributed by atoms with Crippen LogP contribution in [0.1, 0.15) is 17.3 Å². The van der Waals surface area contributed by atoms with E-state index >= 15 is 0 Å². The van der Waals surface area contributed by atoms with Crippen LogP contribution in [0.25, 0.3) is 10.9 Å². The molecule has 3 aromatic rings. The molecule has 0 saturated carbocycles. The van der Waals surface area contributed by atoms with Crippen LogP contribution in [-0.4, -0.2) is 10.2 Å². The van der Waals surface area contributed by atoms with E-state index in [1.165, 1.54) is 0 Å². The molecule has 0 saturated heterocycles. The van der Waals surface area contributed by atoms with Crippen molar-refractivity contribution in [3.63, 3.8) is 0 Å². The van der Waals surface area contributed by atoms with E-state index in [0.717, 1.165) is 22.2 Å². The second-order valence-corrected chi connectivity index (χ2v) is 4.22. The first-order valence-corrected chi connectivity index (χ1v) is 5.87. The van der Waals surface area contributed by atoms with E-state index < -0.39 is 0 Å². The minimum Gasteiger partial charge on any atom is -0.319 e. The van der Waals surface area contributed by atoms with Gasteiger partial charge >= 0.3 is 0 Å². The third-order valence-electron chi connectivity index (χ3n) is 2.99. The molecule has 0 aliphatic carbocycles. The summed E-state index contributed by atoms with van der Waals surface area (Å²) in [5.74, 6) is 0. The van der Waals surface area contributed by atoms with Crippen molar-refractivity contribution in [2.24, 2.45) is 5.73 Å². The molecule has 1 unspecified atom stereocenters. The summed E-state index contributed by atoms with van der Waals surface area (Å²) in [6, 6.07) is 19.6. The van der Waals surface area contributed by atoms with Gasteiger partial charge in [0.25, 0.3) is 0 Å². The summed E-state index contributed by atoms with van der Waals surface area (Å²) >= 11 is 0. The van der Waals surface area contributed by atoms with Crippen LogP contribution in [0.2, 0.25) is 0 Å². The van der Waals surface area contributed by atoms with E-state index in [0.29, 0.717) is 0 Å². The quantitative estimate of drug-likeness (QED) is 0.743. The molecule has 1 aromatic heterocycles.